The molecule has 0 spiro atoms. The molecule has 0 bridgehead atoms. The van der Waals surface area contributed by atoms with Gasteiger partial charge in [0.2, 0.25) is 0 Å². The van der Waals surface area contributed by atoms with Crippen molar-refractivity contribution in [1.29, 1.82) is 0 Å². The van der Waals surface area contributed by atoms with E-state index >= 15 is 0 Å². The first-order valence-electron chi connectivity index (χ1n) is 6.13. The zero-order valence-corrected chi connectivity index (χ0v) is 19.4. The van der Waals surface area contributed by atoms with Gasteiger partial charge in [-0.25, -0.2) is 9.59 Å². The molecule has 0 fully saturated rings. The van der Waals surface area contributed by atoms with Crippen LogP contribution in [0.5, 0.6) is 0 Å². The lowest BCUT2D eigenvalue weighted by atomic mass is 10.2. The summed E-state index contributed by atoms with van der Waals surface area (Å²) in [5, 5.41) is -4.69. The predicted molar refractivity (Wildman–Crippen MR) is 107 cm³/mol. The van der Waals surface area contributed by atoms with E-state index in [0.717, 1.165) is 7.14 Å². The van der Waals surface area contributed by atoms with Gasteiger partial charge in [-0.3, -0.25) is 4.55 Å². The summed E-state index contributed by atoms with van der Waals surface area (Å²) in [6.07, 6.45) is -2.47. The molecule has 0 aliphatic heterocycles. The fourth-order valence-electron chi connectivity index (χ4n) is 1.42. The van der Waals surface area contributed by atoms with Crippen LogP contribution in [0.3, 0.4) is 0 Å². The molecule has 0 radical (unpaired) electrons. The fourth-order valence-corrected chi connectivity index (χ4v) is 4.26. The Morgan fingerprint density at radius 3 is 2.36 bits per heavy atom. The first-order valence-corrected chi connectivity index (χ1v) is 10.8. The third-order valence-corrected chi connectivity index (χ3v) is 7.35. The Bertz CT molecular complexity index is 798. The maximum atomic E-state index is 13.3. The molecule has 1 N–H and O–H groups in total. The molecule has 0 saturated carbocycles. The molecule has 0 aliphatic rings. The second-order valence-electron chi connectivity index (χ2n) is 4.49. The zero-order valence-electron chi connectivity index (χ0n) is 12.1. The van der Waals surface area contributed by atoms with Crippen molar-refractivity contribution in [2.24, 2.45) is 0 Å². The number of carbonyl (C=O) groups excluding carboxylic acids is 2. The van der Waals surface area contributed by atoms with Crippen LogP contribution in [0.4, 0.5) is 8.78 Å². The number of benzene rings is 1. The van der Waals surface area contributed by atoms with Crippen molar-refractivity contribution < 1.29 is 40.8 Å². The summed E-state index contributed by atoms with van der Waals surface area (Å²) in [5.41, 5.74) is 0.181. The van der Waals surface area contributed by atoms with Crippen LogP contribution in [0.1, 0.15) is 17.3 Å². The van der Waals surface area contributed by atoms with E-state index in [1.807, 2.05) is 73.8 Å². The number of rotatable bonds is 6. The van der Waals surface area contributed by atoms with Crippen LogP contribution < -0.4 is 0 Å². The van der Waals surface area contributed by atoms with Crippen LogP contribution in [0.25, 0.3) is 0 Å². The molecule has 0 aliphatic carbocycles. The summed E-state index contributed by atoms with van der Waals surface area (Å²) in [6, 6.07) is 3.33. The van der Waals surface area contributed by atoms with E-state index in [1.165, 1.54) is 6.07 Å². The van der Waals surface area contributed by atoms with Crippen LogP contribution in [0.2, 0.25) is 0 Å². The van der Waals surface area contributed by atoms with Crippen molar-refractivity contribution in [3.63, 3.8) is 0 Å². The van der Waals surface area contributed by atoms with Gasteiger partial charge >= 0.3 is 27.3 Å². The number of esters is 2. The van der Waals surface area contributed by atoms with Crippen LogP contribution in [-0.2, 0) is 24.4 Å². The molecule has 0 aromatic heterocycles. The quantitative estimate of drug-likeness (QED) is 0.209. The number of alkyl halides is 2. The highest BCUT2D eigenvalue weighted by molar-refractivity contribution is 14.1. The van der Waals surface area contributed by atoms with Crippen LogP contribution in [0.15, 0.2) is 12.1 Å². The fraction of sp³-hybridized carbons (Fsp3) is 0.333. The average Bonchev–Trinajstić information content (AvgIpc) is 2.47. The molecule has 25 heavy (non-hydrogen) atoms. The van der Waals surface area contributed by atoms with Gasteiger partial charge in [0.1, 0.15) is 0 Å². The van der Waals surface area contributed by atoms with Gasteiger partial charge in [0, 0.05) is 10.7 Å². The molecule has 0 saturated heterocycles. The molecule has 0 amide bonds. The first-order chi connectivity index (χ1) is 11.3. The minimum absolute atomic E-state index is 0.181. The van der Waals surface area contributed by atoms with E-state index in [-0.39, 0.29) is 5.56 Å². The number of hydrogen-bond donors (Lipinski definition) is 1. The second-order valence-corrected chi connectivity index (χ2v) is 9.48. The van der Waals surface area contributed by atoms with Gasteiger partial charge in [0.25, 0.3) is 0 Å². The monoisotopic (exact) mass is 716 g/mol. The standard InChI is InChI=1S/C12H9F2I3O7S/c1-5(12(13,14)25(20,21)22)24-9(18)4-23-11(19)7-2-6(15)3-8(16)10(7)17/h2-3,5H,4H2,1H3,(H,20,21,22). The molecule has 1 aromatic carbocycles. The Balaban J connectivity index is 2.73. The molecule has 1 atom stereocenters. The minimum Gasteiger partial charge on any atom is -0.452 e. The predicted octanol–water partition coefficient (Wildman–Crippen LogP) is 3.07. The second kappa shape index (κ2) is 8.87. The average molecular weight is 716 g/mol. The number of halogens is 5. The molecule has 1 aromatic rings. The van der Waals surface area contributed by atoms with Crippen molar-refractivity contribution in [3.8, 4) is 0 Å². The Hall–Kier alpha value is 0.120. The Labute approximate surface area is 182 Å². The van der Waals surface area contributed by atoms with Crippen molar-refractivity contribution in [2.45, 2.75) is 18.3 Å². The van der Waals surface area contributed by atoms with Crippen molar-refractivity contribution >= 4 is 89.8 Å². The smallest absolute Gasteiger partial charge is 0.405 e. The summed E-state index contributed by atoms with van der Waals surface area (Å²) in [7, 11) is -5.76. The van der Waals surface area contributed by atoms with Gasteiger partial charge < -0.3 is 9.47 Å². The van der Waals surface area contributed by atoms with Crippen molar-refractivity contribution in [2.75, 3.05) is 6.61 Å². The van der Waals surface area contributed by atoms with Gasteiger partial charge in [-0.05, 0) is 86.8 Å². The van der Waals surface area contributed by atoms with Gasteiger partial charge in [0.15, 0.2) is 12.7 Å². The van der Waals surface area contributed by atoms with E-state index in [0.29, 0.717) is 10.5 Å². The highest BCUT2D eigenvalue weighted by Crippen LogP contribution is 2.27. The summed E-state index contributed by atoms with van der Waals surface area (Å²) in [4.78, 5) is 23.5. The van der Waals surface area contributed by atoms with E-state index in [4.69, 9.17) is 9.29 Å². The third-order valence-electron chi connectivity index (χ3n) is 2.66. The number of ether oxygens (including phenoxy) is 2. The molecule has 0 heterocycles. The summed E-state index contributed by atoms with van der Waals surface area (Å²) in [6.45, 7) is -0.415. The number of carbonyl (C=O) groups is 2. The largest absolute Gasteiger partial charge is 0.452 e. The highest BCUT2D eigenvalue weighted by atomic mass is 127. The number of hydrogen-bond acceptors (Lipinski definition) is 6. The van der Waals surface area contributed by atoms with E-state index < -0.39 is 40.0 Å². The minimum atomic E-state index is -5.76. The van der Waals surface area contributed by atoms with Crippen LogP contribution in [0, 0.1) is 10.7 Å². The van der Waals surface area contributed by atoms with E-state index in [9.17, 15) is 26.8 Å². The summed E-state index contributed by atoms with van der Waals surface area (Å²) < 4.78 is 67.1. The Morgan fingerprint density at radius 2 is 1.84 bits per heavy atom. The van der Waals surface area contributed by atoms with E-state index in [2.05, 4.69) is 4.74 Å². The molecular formula is C12H9F2I3O7S. The van der Waals surface area contributed by atoms with Crippen molar-refractivity contribution in [1.82, 2.24) is 0 Å². The van der Waals surface area contributed by atoms with Gasteiger partial charge in [-0.2, -0.15) is 17.2 Å². The lowest BCUT2D eigenvalue weighted by Crippen LogP contribution is -2.42. The lowest BCUT2D eigenvalue weighted by molar-refractivity contribution is -0.162. The third kappa shape index (κ3) is 6.06. The first kappa shape index (κ1) is 23.2. The zero-order chi connectivity index (χ0) is 19.6. The maximum Gasteiger partial charge on any atom is 0.405 e. The van der Waals surface area contributed by atoms with Crippen LogP contribution >= 0.6 is 67.8 Å². The highest BCUT2D eigenvalue weighted by Gasteiger charge is 2.52. The topological polar surface area (TPSA) is 107 Å². The van der Waals surface area contributed by atoms with Crippen LogP contribution in [-0.4, -0.2) is 42.9 Å². The van der Waals surface area contributed by atoms with Crippen molar-refractivity contribution in [3.05, 3.63) is 28.4 Å². The van der Waals surface area contributed by atoms with E-state index in [1.54, 1.807) is 0 Å². The summed E-state index contributed by atoms with van der Waals surface area (Å²) >= 11 is 5.90. The maximum absolute atomic E-state index is 13.3. The normalized spacial score (nSPS) is 13.2. The Kier molecular flexibility index (Phi) is 8.22. The molecule has 1 rings (SSSR count). The molecular weight excluding hydrogens is 707 g/mol. The van der Waals surface area contributed by atoms with Gasteiger partial charge in [-0.15, -0.1) is 0 Å². The Morgan fingerprint density at radius 1 is 1.28 bits per heavy atom. The molecule has 13 heteroatoms. The molecule has 1 unspecified atom stereocenters. The SMILES string of the molecule is CC(OC(=O)COC(=O)c1cc(I)cc(I)c1I)C(F)(F)S(=O)(=O)O. The van der Waals surface area contributed by atoms with Gasteiger partial charge in [0.05, 0.1) is 5.56 Å². The summed E-state index contributed by atoms with van der Waals surface area (Å²) in [5.74, 6) is -2.26. The molecule has 140 valence electrons. The lowest BCUT2D eigenvalue weighted by Gasteiger charge is -2.20. The van der Waals surface area contributed by atoms with Gasteiger partial charge in [-0.1, -0.05) is 0 Å². The molecule has 7 nitrogen and oxygen atoms in total.